The maximum absolute atomic E-state index is 13.1. The number of benzene rings is 1. The van der Waals surface area contributed by atoms with Crippen molar-refractivity contribution in [2.24, 2.45) is 5.73 Å². The van der Waals surface area contributed by atoms with Gasteiger partial charge in [-0.15, -0.1) is 0 Å². The lowest BCUT2D eigenvalue weighted by Gasteiger charge is -2.28. The van der Waals surface area contributed by atoms with E-state index in [0.717, 1.165) is 48.1 Å². The van der Waals surface area contributed by atoms with Crippen molar-refractivity contribution in [2.45, 2.75) is 44.7 Å². The molecule has 146 valence electrons. The number of halogens is 1. The highest BCUT2D eigenvalue weighted by atomic mass is 19.1. The lowest BCUT2D eigenvalue weighted by atomic mass is 9.91. The van der Waals surface area contributed by atoms with Gasteiger partial charge in [0.05, 0.1) is 11.3 Å². The van der Waals surface area contributed by atoms with Crippen molar-refractivity contribution in [1.82, 2.24) is 9.97 Å². The number of nitrogens with zero attached hydrogens (tertiary/aromatic N) is 1. The molecule has 1 fully saturated rings. The van der Waals surface area contributed by atoms with Crippen LogP contribution in [0, 0.1) is 12.7 Å². The van der Waals surface area contributed by atoms with E-state index < -0.39 is 0 Å². The molecule has 5 N–H and O–H groups in total. The minimum absolute atomic E-state index is 0.256. The first kappa shape index (κ1) is 18.4. The van der Waals surface area contributed by atoms with E-state index in [4.69, 9.17) is 5.73 Å². The maximum atomic E-state index is 13.1. The van der Waals surface area contributed by atoms with Crippen LogP contribution in [0.2, 0.25) is 0 Å². The molecule has 3 aromatic rings. The maximum Gasteiger partial charge on any atom is 0.259 e. The second kappa shape index (κ2) is 7.59. The molecule has 1 saturated carbocycles. The largest absolute Gasteiger partial charge is 0.381 e. The fraction of sp³-hybridized carbons (Fsp3) is 0.333. The van der Waals surface area contributed by atoms with Crippen LogP contribution in [-0.4, -0.2) is 28.0 Å². The first-order chi connectivity index (χ1) is 13.5. The van der Waals surface area contributed by atoms with Crippen molar-refractivity contribution in [2.75, 3.05) is 10.6 Å². The molecule has 0 unspecified atom stereocenters. The summed E-state index contributed by atoms with van der Waals surface area (Å²) >= 11 is 0. The Bertz CT molecular complexity index is 990. The molecule has 1 amide bonds. The minimum atomic E-state index is -0.346. The number of pyridine rings is 1. The molecule has 1 aliphatic rings. The molecule has 28 heavy (non-hydrogen) atoms. The van der Waals surface area contributed by atoms with Crippen molar-refractivity contribution in [3.63, 3.8) is 0 Å². The van der Waals surface area contributed by atoms with Crippen LogP contribution >= 0.6 is 0 Å². The summed E-state index contributed by atoms with van der Waals surface area (Å²) in [5, 5.41) is 7.28. The molecular formula is C21H24FN5O. The first-order valence-electron chi connectivity index (χ1n) is 9.57. The van der Waals surface area contributed by atoms with Crippen LogP contribution in [0.3, 0.4) is 0 Å². The second-order valence-electron chi connectivity index (χ2n) is 7.48. The summed E-state index contributed by atoms with van der Waals surface area (Å²) in [6.45, 7) is 1.96. The van der Waals surface area contributed by atoms with Crippen molar-refractivity contribution in [1.29, 1.82) is 0 Å². The molecule has 0 radical (unpaired) electrons. The lowest BCUT2D eigenvalue weighted by molar-refractivity contribution is 0.102. The van der Waals surface area contributed by atoms with Crippen molar-refractivity contribution >= 4 is 28.3 Å². The van der Waals surface area contributed by atoms with Gasteiger partial charge in [-0.2, -0.15) is 0 Å². The number of rotatable bonds is 4. The van der Waals surface area contributed by atoms with Gasteiger partial charge in [0.15, 0.2) is 0 Å². The lowest BCUT2D eigenvalue weighted by Crippen LogP contribution is -2.33. The van der Waals surface area contributed by atoms with Gasteiger partial charge in [-0.1, -0.05) is 0 Å². The molecule has 0 spiro atoms. The predicted octanol–water partition coefficient (Wildman–Crippen LogP) is 3.94. The molecule has 1 aromatic carbocycles. The van der Waals surface area contributed by atoms with E-state index in [1.54, 1.807) is 6.20 Å². The van der Waals surface area contributed by atoms with Gasteiger partial charge in [0, 0.05) is 35.0 Å². The van der Waals surface area contributed by atoms with Crippen LogP contribution in [0.1, 0.15) is 41.7 Å². The highest BCUT2D eigenvalue weighted by Crippen LogP contribution is 2.30. The van der Waals surface area contributed by atoms with Crippen LogP contribution in [0.4, 0.5) is 15.8 Å². The van der Waals surface area contributed by atoms with Gasteiger partial charge in [-0.05, 0) is 62.9 Å². The summed E-state index contributed by atoms with van der Waals surface area (Å²) in [4.78, 5) is 20.6. The zero-order valence-electron chi connectivity index (χ0n) is 15.8. The van der Waals surface area contributed by atoms with Crippen LogP contribution in [0.15, 0.2) is 36.5 Å². The van der Waals surface area contributed by atoms with Gasteiger partial charge in [-0.25, -0.2) is 9.37 Å². The number of aromatic nitrogens is 2. The Labute approximate surface area is 162 Å². The van der Waals surface area contributed by atoms with Crippen LogP contribution in [0.25, 0.3) is 11.0 Å². The molecule has 0 atom stereocenters. The molecule has 0 bridgehead atoms. The highest BCUT2D eigenvalue weighted by Gasteiger charge is 2.23. The summed E-state index contributed by atoms with van der Waals surface area (Å²) in [7, 11) is 0. The molecular weight excluding hydrogens is 357 g/mol. The minimum Gasteiger partial charge on any atom is -0.381 e. The van der Waals surface area contributed by atoms with Crippen molar-refractivity contribution in [3.8, 4) is 0 Å². The normalized spacial score (nSPS) is 19.5. The summed E-state index contributed by atoms with van der Waals surface area (Å²) in [5.74, 6) is -0.628. The molecule has 2 heterocycles. The number of anilines is 2. The highest BCUT2D eigenvalue weighted by molar-refractivity contribution is 6.12. The van der Waals surface area contributed by atoms with Crippen LogP contribution < -0.4 is 16.4 Å². The predicted molar refractivity (Wildman–Crippen MR) is 109 cm³/mol. The number of aryl methyl sites for hydroxylation is 1. The fourth-order valence-corrected chi connectivity index (χ4v) is 3.73. The summed E-state index contributed by atoms with van der Waals surface area (Å²) in [6, 6.07) is 8.22. The Morgan fingerprint density at radius 2 is 1.93 bits per heavy atom. The average Bonchev–Trinajstić information content (AvgIpc) is 3.06. The Kier molecular flexibility index (Phi) is 5.00. The number of hydrogen-bond donors (Lipinski definition) is 4. The van der Waals surface area contributed by atoms with Gasteiger partial charge < -0.3 is 21.4 Å². The Balaban J connectivity index is 1.66. The number of fused-ring (bicyclic) bond motifs is 1. The number of hydrogen-bond acceptors (Lipinski definition) is 4. The standard InChI is InChI=1S/C21H24FN5O/c1-12-10-17-19(26-15-8-4-14(23)5-9-15)18(11-24-20(17)25-12)21(28)27-16-6-2-13(22)3-7-16/h2-3,6-7,10-11,14-15H,4-5,8-9,23H2,1H3,(H,27,28)(H2,24,25,26)/t14-,15-. The van der Waals surface area contributed by atoms with Gasteiger partial charge in [0.2, 0.25) is 0 Å². The number of H-pyrrole nitrogens is 1. The molecule has 7 heteroatoms. The van der Waals surface area contributed by atoms with E-state index in [-0.39, 0.29) is 23.8 Å². The quantitative estimate of drug-likeness (QED) is 0.550. The molecule has 0 aliphatic heterocycles. The zero-order chi connectivity index (χ0) is 19.7. The summed E-state index contributed by atoms with van der Waals surface area (Å²) < 4.78 is 13.1. The number of aromatic amines is 1. The number of carbonyl (C=O) groups is 1. The second-order valence-corrected chi connectivity index (χ2v) is 7.48. The molecule has 4 rings (SSSR count). The van der Waals surface area contributed by atoms with Gasteiger partial charge in [0.25, 0.3) is 5.91 Å². The Hall–Kier alpha value is -2.93. The van der Waals surface area contributed by atoms with Crippen molar-refractivity contribution < 1.29 is 9.18 Å². The van der Waals surface area contributed by atoms with E-state index in [1.807, 2.05) is 13.0 Å². The Morgan fingerprint density at radius 1 is 1.21 bits per heavy atom. The SMILES string of the molecule is Cc1cc2c(N[C@H]3CC[C@H](N)CC3)c(C(=O)Nc3ccc(F)cc3)cnc2[nH]1. The summed E-state index contributed by atoms with van der Waals surface area (Å²) in [5.41, 5.74) is 9.52. The number of nitrogens with one attached hydrogen (secondary N) is 3. The van der Waals surface area contributed by atoms with Crippen LogP contribution in [-0.2, 0) is 0 Å². The third kappa shape index (κ3) is 3.84. The topological polar surface area (TPSA) is 95.8 Å². The molecule has 2 aromatic heterocycles. The number of carbonyl (C=O) groups excluding carboxylic acids is 1. The third-order valence-electron chi connectivity index (χ3n) is 5.26. The third-order valence-corrected chi connectivity index (χ3v) is 5.26. The first-order valence-corrected chi connectivity index (χ1v) is 9.57. The smallest absolute Gasteiger partial charge is 0.259 e. The average molecular weight is 381 g/mol. The number of nitrogens with two attached hydrogens (primary N) is 1. The van der Waals surface area contributed by atoms with E-state index in [9.17, 15) is 9.18 Å². The monoisotopic (exact) mass is 381 g/mol. The fourth-order valence-electron chi connectivity index (χ4n) is 3.73. The van der Waals surface area contributed by atoms with Gasteiger partial charge in [-0.3, -0.25) is 4.79 Å². The summed E-state index contributed by atoms with van der Waals surface area (Å²) in [6.07, 6.45) is 5.44. The number of amides is 1. The molecule has 0 saturated heterocycles. The van der Waals surface area contributed by atoms with Gasteiger partial charge >= 0.3 is 0 Å². The van der Waals surface area contributed by atoms with E-state index >= 15 is 0 Å². The van der Waals surface area contributed by atoms with Gasteiger partial charge in [0.1, 0.15) is 11.5 Å². The van der Waals surface area contributed by atoms with E-state index in [2.05, 4.69) is 20.6 Å². The molecule has 6 nitrogen and oxygen atoms in total. The molecule has 1 aliphatic carbocycles. The van der Waals surface area contributed by atoms with Crippen LogP contribution in [0.5, 0.6) is 0 Å². The van der Waals surface area contributed by atoms with Crippen molar-refractivity contribution in [3.05, 3.63) is 53.6 Å². The van der Waals surface area contributed by atoms with E-state index in [1.165, 1.54) is 24.3 Å². The zero-order valence-corrected chi connectivity index (χ0v) is 15.8. The Morgan fingerprint density at radius 3 is 2.64 bits per heavy atom. The van der Waals surface area contributed by atoms with E-state index in [0.29, 0.717) is 11.3 Å².